The average Bonchev–Trinajstić information content (AvgIpc) is 3.34. The summed E-state index contributed by atoms with van der Waals surface area (Å²) in [5.74, 6) is -0.000121. The first-order valence-corrected chi connectivity index (χ1v) is 9.51. The van der Waals surface area contributed by atoms with Crippen LogP contribution in [0, 0.1) is 6.92 Å². The summed E-state index contributed by atoms with van der Waals surface area (Å²) in [6, 6.07) is 5.40. The maximum atomic E-state index is 11.6. The fourth-order valence-corrected chi connectivity index (χ4v) is 4.07. The van der Waals surface area contributed by atoms with Crippen LogP contribution in [0.2, 0.25) is 4.34 Å². The minimum Gasteiger partial charge on any atom is -0.477 e. The molecule has 7 nitrogen and oxygen atoms in total. The molecule has 0 amide bonds. The second-order valence-electron chi connectivity index (χ2n) is 5.40. The van der Waals surface area contributed by atoms with Crippen LogP contribution in [0.25, 0.3) is 22.2 Å². The van der Waals surface area contributed by atoms with Crippen molar-refractivity contribution in [2.75, 3.05) is 0 Å². The summed E-state index contributed by atoms with van der Waals surface area (Å²) in [4.78, 5) is 21.0. The molecule has 0 aliphatic rings. The zero-order valence-corrected chi connectivity index (χ0v) is 15.7. The zero-order valence-electron chi connectivity index (χ0n) is 13.3. The van der Waals surface area contributed by atoms with Crippen LogP contribution in [-0.2, 0) is 6.54 Å². The number of halogens is 1. The van der Waals surface area contributed by atoms with E-state index < -0.39 is 5.97 Å². The maximum absolute atomic E-state index is 11.6. The number of imidazole rings is 1. The van der Waals surface area contributed by atoms with E-state index in [2.05, 4.69) is 15.1 Å². The number of carboxylic acids is 1. The van der Waals surface area contributed by atoms with Gasteiger partial charge in [-0.15, -0.1) is 22.7 Å². The Morgan fingerprint density at radius 3 is 2.92 bits per heavy atom. The van der Waals surface area contributed by atoms with Gasteiger partial charge in [-0.1, -0.05) is 16.8 Å². The van der Waals surface area contributed by atoms with Crippen molar-refractivity contribution >= 4 is 40.2 Å². The van der Waals surface area contributed by atoms with Crippen LogP contribution in [-0.4, -0.2) is 30.8 Å². The standard InChI is InChI=1S/C16H11ClN4O3S2/c1-8-19-10(7-25-8)15-18-5-11(16(22)23)21(15)6-9-4-12(24-20-9)13-2-3-14(17)26-13/h2-5,7H,6H2,1H3,(H,22,23). The van der Waals surface area contributed by atoms with Crippen molar-refractivity contribution in [1.82, 2.24) is 19.7 Å². The number of aromatic nitrogens is 4. The molecule has 0 fully saturated rings. The molecule has 0 aromatic carbocycles. The predicted octanol–water partition coefficient (Wildman–Crippen LogP) is 4.43. The molecule has 0 saturated carbocycles. The molecule has 4 aromatic rings. The quantitative estimate of drug-likeness (QED) is 0.526. The SMILES string of the molecule is Cc1nc(-c2ncc(C(=O)O)n2Cc2cc(-c3ccc(Cl)s3)on2)cs1. The van der Waals surface area contributed by atoms with E-state index in [0.717, 1.165) is 9.88 Å². The highest BCUT2D eigenvalue weighted by molar-refractivity contribution is 7.19. The molecule has 0 unspecified atom stereocenters. The van der Waals surface area contributed by atoms with E-state index in [9.17, 15) is 9.90 Å². The Morgan fingerprint density at radius 2 is 2.27 bits per heavy atom. The first kappa shape index (κ1) is 17.0. The van der Waals surface area contributed by atoms with Crippen LogP contribution >= 0.6 is 34.3 Å². The van der Waals surface area contributed by atoms with E-state index in [4.69, 9.17) is 16.1 Å². The van der Waals surface area contributed by atoms with Crippen molar-refractivity contribution in [3.8, 4) is 22.2 Å². The van der Waals surface area contributed by atoms with E-state index in [1.165, 1.54) is 28.9 Å². The van der Waals surface area contributed by atoms with Gasteiger partial charge in [0.25, 0.3) is 0 Å². The summed E-state index contributed by atoms with van der Waals surface area (Å²) < 4.78 is 7.59. The van der Waals surface area contributed by atoms with Gasteiger partial charge in [-0.25, -0.2) is 14.8 Å². The van der Waals surface area contributed by atoms with Gasteiger partial charge in [-0.2, -0.15) is 0 Å². The molecule has 1 N–H and O–H groups in total. The van der Waals surface area contributed by atoms with Crippen molar-refractivity contribution in [2.45, 2.75) is 13.5 Å². The molecule has 0 saturated heterocycles. The van der Waals surface area contributed by atoms with E-state index in [-0.39, 0.29) is 12.2 Å². The van der Waals surface area contributed by atoms with Gasteiger partial charge >= 0.3 is 5.97 Å². The largest absolute Gasteiger partial charge is 0.477 e. The number of nitrogens with zero attached hydrogens (tertiary/aromatic N) is 4. The van der Waals surface area contributed by atoms with Gasteiger partial charge < -0.3 is 14.2 Å². The summed E-state index contributed by atoms with van der Waals surface area (Å²) in [6.07, 6.45) is 1.33. The lowest BCUT2D eigenvalue weighted by Crippen LogP contribution is -2.11. The summed E-state index contributed by atoms with van der Waals surface area (Å²) in [6.45, 7) is 2.09. The molecule has 0 spiro atoms. The van der Waals surface area contributed by atoms with Crippen molar-refractivity contribution in [2.24, 2.45) is 0 Å². The van der Waals surface area contributed by atoms with Crippen molar-refractivity contribution in [1.29, 1.82) is 0 Å². The summed E-state index contributed by atoms with van der Waals surface area (Å²) in [7, 11) is 0. The summed E-state index contributed by atoms with van der Waals surface area (Å²) in [5.41, 5.74) is 1.28. The lowest BCUT2D eigenvalue weighted by molar-refractivity contribution is 0.0685. The molecule has 0 radical (unpaired) electrons. The van der Waals surface area contributed by atoms with Gasteiger partial charge in [0.2, 0.25) is 0 Å². The molecule has 10 heteroatoms. The van der Waals surface area contributed by atoms with Crippen molar-refractivity contribution in [3.05, 3.63) is 50.5 Å². The Balaban J connectivity index is 1.70. The molecule has 0 aliphatic heterocycles. The molecule has 0 bridgehead atoms. The van der Waals surface area contributed by atoms with E-state index >= 15 is 0 Å². The van der Waals surface area contributed by atoms with Gasteiger partial charge in [0.15, 0.2) is 11.6 Å². The monoisotopic (exact) mass is 406 g/mol. The Kier molecular flexibility index (Phi) is 4.35. The number of rotatable bonds is 5. The fraction of sp³-hybridized carbons (Fsp3) is 0.125. The highest BCUT2D eigenvalue weighted by Crippen LogP contribution is 2.32. The third kappa shape index (κ3) is 3.16. The van der Waals surface area contributed by atoms with Gasteiger partial charge in [-0.3, -0.25) is 0 Å². The van der Waals surface area contributed by atoms with Gasteiger partial charge in [-0.05, 0) is 19.1 Å². The minimum absolute atomic E-state index is 0.0642. The Morgan fingerprint density at radius 1 is 1.42 bits per heavy atom. The molecule has 26 heavy (non-hydrogen) atoms. The molecule has 132 valence electrons. The number of thiazole rings is 1. The lowest BCUT2D eigenvalue weighted by atomic mass is 10.3. The zero-order chi connectivity index (χ0) is 18.3. The van der Waals surface area contributed by atoms with Crippen LogP contribution in [0.4, 0.5) is 0 Å². The number of carbonyl (C=O) groups is 1. The van der Waals surface area contributed by atoms with Crippen LogP contribution in [0.3, 0.4) is 0 Å². The predicted molar refractivity (Wildman–Crippen MR) is 99.0 cm³/mol. The number of hydrogen-bond acceptors (Lipinski definition) is 7. The minimum atomic E-state index is -1.07. The maximum Gasteiger partial charge on any atom is 0.354 e. The lowest BCUT2D eigenvalue weighted by Gasteiger charge is -2.06. The van der Waals surface area contributed by atoms with Gasteiger partial charge in [0.1, 0.15) is 17.1 Å². The third-order valence-electron chi connectivity index (χ3n) is 3.62. The molecule has 0 aliphatic carbocycles. The summed E-state index contributed by atoms with van der Waals surface area (Å²) >= 11 is 8.81. The van der Waals surface area contributed by atoms with E-state index in [1.54, 1.807) is 16.7 Å². The average molecular weight is 407 g/mol. The highest BCUT2D eigenvalue weighted by atomic mass is 35.5. The number of aryl methyl sites for hydroxylation is 1. The smallest absolute Gasteiger partial charge is 0.354 e. The van der Waals surface area contributed by atoms with E-state index in [1.807, 2.05) is 18.4 Å². The van der Waals surface area contributed by atoms with Crippen LogP contribution in [0.15, 0.2) is 34.3 Å². The number of thiophene rings is 1. The molecular formula is C16H11ClN4O3S2. The topological polar surface area (TPSA) is 94.0 Å². The molecule has 4 aromatic heterocycles. The third-order valence-corrected chi connectivity index (χ3v) is 5.64. The van der Waals surface area contributed by atoms with Gasteiger partial charge in [0.05, 0.1) is 27.0 Å². The first-order chi connectivity index (χ1) is 12.5. The normalized spacial score (nSPS) is 11.2. The second-order valence-corrected chi connectivity index (χ2v) is 8.17. The Hall–Kier alpha value is -2.49. The van der Waals surface area contributed by atoms with E-state index in [0.29, 0.717) is 27.3 Å². The van der Waals surface area contributed by atoms with Crippen LogP contribution in [0.1, 0.15) is 21.2 Å². The Bertz CT molecular complexity index is 1090. The second kappa shape index (κ2) is 6.67. The number of carboxylic acid groups (broad SMARTS) is 1. The first-order valence-electron chi connectivity index (χ1n) is 7.44. The molecule has 4 rings (SSSR count). The van der Waals surface area contributed by atoms with Gasteiger partial charge in [0, 0.05) is 11.4 Å². The van der Waals surface area contributed by atoms with Crippen LogP contribution < -0.4 is 0 Å². The fourth-order valence-electron chi connectivity index (χ4n) is 2.49. The van der Waals surface area contributed by atoms with Crippen molar-refractivity contribution in [3.63, 3.8) is 0 Å². The summed E-state index contributed by atoms with van der Waals surface area (Å²) in [5, 5.41) is 16.2. The molecule has 0 atom stereocenters. The highest BCUT2D eigenvalue weighted by Gasteiger charge is 2.20. The van der Waals surface area contributed by atoms with Crippen molar-refractivity contribution < 1.29 is 14.4 Å². The molecular weight excluding hydrogens is 396 g/mol. The number of hydrogen-bond donors (Lipinski definition) is 1. The Labute approximate surface area is 160 Å². The number of aromatic carboxylic acids is 1. The molecule has 4 heterocycles. The van der Waals surface area contributed by atoms with Crippen LogP contribution in [0.5, 0.6) is 0 Å².